The molecule has 64 valence electrons. The van der Waals surface area contributed by atoms with Crippen molar-refractivity contribution in [1.82, 2.24) is 0 Å². The third kappa shape index (κ3) is 6.82. The molecule has 0 fully saturated rings. The Morgan fingerprint density at radius 2 is 1.83 bits per heavy atom. The molecule has 0 heterocycles. The topological polar surface area (TPSA) is 88.5 Å². The van der Waals surface area contributed by atoms with Gasteiger partial charge in [-0.2, -0.15) is 0 Å². The molecule has 1 rings (SSSR count). The minimum Gasteiger partial charge on any atom is -0.750 e. The van der Waals surface area contributed by atoms with Crippen LogP contribution in [0.4, 0.5) is 5.69 Å². The molecule has 0 aliphatic rings. The summed E-state index contributed by atoms with van der Waals surface area (Å²) in [7, 11) is 0. The third-order valence-electron chi connectivity index (χ3n) is 0.872. The minimum absolute atomic E-state index is 0.590. The number of hydrogen-bond donors (Lipinski definition) is 1. The highest BCUT2D eigenvalue weighted by Crippen LogP contribution is 2.07. The monoisotopic (exact) mass is 186 g/mol. The van der Waals surface area contributed by atoms with Crippen LogP contribution in [0, 0.1) is 5.39 Å². The number of benzene rings is 1. The second-order valence-electron chi connectivity index (χ2n) is 1.65. The van der Waals surface area contributed by atoms with Crippen LogP contribution in [-0.4, -0.2) is 13.3 Å². The molecule has 0 aliphatic heterocycles. The van der Waals surface area contributed by atoms with Crippen LogP contribution >= 0.6 is 0 Å². The Labute approximate surface area is 71.8 Å². The van der Waals surface area contributed by atoms with Crippen molar-refractivity contribution in [3.05, 3.63) is 35.3 Å². The highest BCUT2D eigenvalue weighted by molar-refractivity contribution is 7.73. The lowest BCUT2D eigenvalue weighted by molar-refractivity contribution is 0.436. The minimum atomic E-state index is -2.86. The quantitative estimate of drug-likeness (QED) is 0.491. The van der Waals surface area contributed by atoms with Gasteiger partial charge in [0.1, 0.15) is 0 Å². The van der Waals surface area contributed by atoms with Gasteiger partial charge in [-0.25, -0.2) is 4.21 Å². The molecule has 0 bridgehead atoms. The van der Waals surface area contributed by atoms with E-state index in [1.54, 1.807) is 12.1 Å². The van der Waals surface area contributed by atoms with Gasteiger partial charge >= 0.3 is 5.69 Å². The first-order valence-corrected chi connectivity index (χ1v) is 3.88. The van der Waals surface area contributed by atoms with Crippen LogP contribution in [-0.2, 0) is 11.4 Å². The zero-order valence-corrected chi connectivity index (χ0v) is 6.77. The largest absolute Gasteiger partial charge is 0.750 e. The van der Waals surface area contributed by atoms with Crippen LogP contribution in [0.1, 0.15) is 0 Å². The summed E-state index contributed by atoms with van der Waals surface area (Å²) >= 11 is -2.86. The van der Waals surface area contributed by atoms with E-state index in [0.717, 1.165) is 0 Å². The van der Waals surface area contributed by atoms with Gasteiger partial charge in [0.25, 0.3) is 0 Å². The standard InChI is InChI=1S/C6H5N2.H2O3S/c7-8-6-4-2-1-3-5-6;1-4(2)3/h1-5H;(H2,1,2,3)/q+1;/p-1. The van der Waals surface area contributed by atoms with E-state index in [0.29, 0.717) is 5.69 Å². The van der Waals surface area contributed by atoms with Gasteiger partial charge in [0, 0.05) is 12.1 Å². The molecular weight excluding hydrogens is 180 g/mol. The molecule has 0 amide bonds. The van der Waals surface area contributed by atoms with Crippen LogP contribution in [0.5, 0.6) is 0 Å². The third-order valence-corrected chi connectivity index (χ3v) is 0.872. The smallest absolute Gasteiger partial charge is 0.385 e. The molecule has 1 N–H and O–H groups in total. The van der Waals surface area contributed by atoms with Gasteiger partial charge in [0.05, 0.1) is 11.4 Å². The second kappa shape index (κ2) is 6.42. The Morgan fingerprint density at radius 1 is 1.42 bits per heavy atom. The Bertz CT molecular complexity index is 279. The van der Waals surface area contributed by atoms with Crippen molar-refractivity contribution in [1.29, 1.82) is 5.39 Å². The van der Waals surface area contributed by atoms with E-state index in [1.165, 1.54) is 0 Å². The van der Waals surface area contributed by atoms with E-state index in [9.17, 15) is 0 Å². The summed E-state index contributed by atoms with van der Waals surface area (Å²) in [5.74, 6) is 0. The summed E-state index contributed by atoms with van der Waals surface area (Å²) < 4.78 is 24.1. The average Bonchev–Trinajstić information content (AvgIpc) is 2.05. The van der Waals surface area contributed by atoms with Crippen molar-refractivity contribution in [2.24, 2.45) is 0 Å². The first kappa shape index (κ1) is 10.7. The Kier molecular flexibility index (Phi) is 5.73. The molecule has 0 saturated carbocycles. The first-order chi connectivity index (χ1) is 5.66. The Balaban J connectivity index is 0.000000261. The summed E-state index contributed by atoms with van der Waals surface area (Å²) in [6.07, 6.45) is 0. The van der Waals surface area contributed by atoms with Crippen molar-refractivity contribution in [3.8, 4) is 0 Å². The molecule has 0 saturated heterocycles. The molecule has 0 radical (unpaired) electrons. The molecule has 1 unspecified atom stereocenters. The van der Waals surface area contributed by atoms with Crippen molar-refractivity contribution in [3.63, 3.8) is 0 Å². The summed E-state index contributed by atoms with van der Waals surface area (Å²) in [6, 6.07) is 8.94. The van der Waals surface area contributed by atoms with Gasteiger partial charge in [-0.3, -0.25) is 0 Å². The number of diazo groups is 1. The second-order valence-corrected chi connectivity index (χ2v) is 2.09. The average molecular weight is 186 g/mol. The van der Waals surface area contributed by atoms with E-state index >= 15 is 0 Å². The fraction of sp³-hybridized carbons (Fsp3) is 0. The molecule has 12 heavy (non-hydrogen) atoms. The molecule has 0 aromatic heterocycles. The maximum absolute atomic E-state index is 8.56. The number of nitrogens with zero attached hydrogens (tertiary/aromatic N) is 2. The zero-order valence-electron chi connectivity index (χ0n) is 5.95. The van der Waals surface area contributed by atoms with E-state index in [-0.39, 0.29) is 0 Å². The molecule has 1 aromatic carbocycles. The fourth-order valence-corrected chi connectivity index (χ4v) is 0.495. The van der Waals surface area contributed by atoms with Crippen LogP contribution in [0.25, 0.3) is 4.98 Å². The van der Waals surface area contributed by atoms with Gasteiger partial charge in [-0.05, 0) is 0 Å². The van der Waals surface area contributed by atoms with Crippen molar-refractivity contribution < 1.29 is 13.3 Å². The SMILES string of the molecule is N#[N+]c1ccccc1.O=S([O-])O. The number of hydrogen-bond acceptors (Lipinski definition) is 3. The molecule has 5 nitrogen and oxygen atoms in total. The number of rotatable bonds is 0. The first-order valence-electron chi connectivity index (χ1n) is 2.85. The van der Waals surface area contributed by atoms with Crippen molar-refractivity contribution >= 4 is 17.0 Å². The van der Waals surface area contributed by atoms with E-state index in [2.05, 4.69) is 4.98 Å². The molecule has 6 heteroatoms. The van der Waals surface area contributed by atoms with Gasteiger partial charge in [-0.1, -0.05) is 18.2 Å². The normalized spacial score (nSPS) is 10.4. The molecule has 0 aliphatic carbocycles. The molecule has 1 aromatic rings. The fourth-order valence-electron chi connectivity index (χ4n) is 0.495. The lowest BCUT2D eigenvalue weighted by atomic mass is 10.3. The van der Waals surface area contributed by atoms with E-state index < -0.39 is 11.4 Å². The van der Waals surface area contributed by atoms with Crippen LogP contribution in [0.15, 0.2) is 30.3 Å². The Morgan fingerprint density at radius 3 is 2.08 bits per heavy atom. The van der Waals surface area contributed by atoms with Crippen molar-refractivity contribution in [2.75, 3.05) is 0 Å². The molecule has 1 atom stereocenters. The molecule has 0 spiro atoms. The molecular formula is C6H6N2O3S. The summed E-state index contributed by atoms with van der Waals surface area (Å²) in [5, 5.41) is 8.16. The summed E-state index contributed by atoms with van der Waals surface area (Å²) in [5.41, 5.74) is 0.590. The summed E-state index contributed by atoms with van der Waals surface area (Å²) in [4.78, 5) is 2.97. The Hall–Kier alpha value is -1.29. The lowest BCUT2D eigenvalue weighted by Crippen LogP contribution is -1.75. The van der Waals surface area contributed by atoms with Crippen molar-refractivity contribution in [2.45, 2.75) is 0 Å². The van der Waals surface area contributed by atoms with Gasteiger partial charge in [-0.15, -0.1) is 0 Å². The van der Waals surface area contributed by atoms with Crippen LogP contribution < -0.4 is 0 Å². The summed E-state index contributed by atoms with van der Waals surface area (Å²) in [6.45, 7) is 0. The van der Waals surface area contributed by atoms with Gasteiger partial charge in [0.2, 0.25) is 5.39 Å². The van der Waals surface area contributed by atoms with Gasteiger partial charge in [0.15, 0.2) is 4.98 Å². The van der Waals surface area contributed by atoms with E-state index in [4.69, 9.17) is 18.7 Å². The van der Waals surface area contributed by atoms with Crippen LogP contribution in [0.3, 0.4) is 0 Å². The zero-order chi connectivity index (χ0) is 9.40. The maximum atomic E-state index is 8.56. The maximum Gasteiger partial charge on any atom is 0.385 e. The highest BCUT2D eigenvalue weighted by Gasteiger charge is 1.95. The predicted molar refractivity (Wildman–Crippen MR) is 42.7 cm³/mol. The van der Waals surface area contributed by atoms with E-state index in [1.807, 2.05) is 18.2 Å². The predicted octanol–water partition coefficient (Wildman–Crippen LogP) is 1.51. The van der Waals surface area contributed by atoms with Crippen LogP contribution in [0.2, 0.25) is 0 Å². The highest BCUT2D eigenvalue weighted by atomic mass is 32.2. The lowest BCUT2D eigenvalue weighted by Gasteiger charge is -1.83. The van der Waals surface area contributed by atoms with Gasteiger partial charge < -0.3 is 9.11 Å².